The van der Waals surface area contributed by atoms with Gasteiger partial charge < -0.3 is 0 Å². The molecule has 0 N–H and O–H groups in total. The summed E-state index contributed by atoms with van der Waals surface area (Å²) in [6.45, 7) is 5.39. The monoisotopic (exact) mass is 173 g/mol. The minimum absolute atomic E-state index is 0.865. The van der Waals surface area contributed by atoms with Gasteiger partial charge in [0.1, 0.15) is 0 Å². The van der Waals surface area contributed by atoms with Crippen LogP contribution in [-0.4, -0.2) is 0 Å². The number of hydrogen-bond donors (Lipinski definition) is 0. The van der Waals surface area contributed by atoms with Crippen LogP contribution in [0.15, 0.2) is 35.7 Å². The Morgan fingerprint density at radius 1 is 1.33 bits per heavy atom. The molecule has 2 aromatic rings. The molecule has 0 spiro atoms. The van der Waals surface area contributed by atoms with Crippen LogP contribution < -0.4 is 0 Å². The molecular weight excluding hydrogens is 164 g/mol. The normalized spacial score (nSPS) is 10.3. The van der Waals surface area contributed by atoms with Gasteiger partial charge in [-0.15, -0.1) is 11.3 Å². The third-order valence-electron chi connectivity index (χ3n) is 1.90. The molecule has 1 aromatic carbocycles. The number of allylic oxidation sites excluding steroid dienone is 1. The molecule has 0 aliphatic rings. The van der Waals surface area contributed by atoms with E-state index < -0.39 is 0 Å². The quantitative estimate of drug-likeness (QED) is 0.652. The van der Waals surface area contributed by atoms with Crippen molar-refractivity contribution in [2.75, 3.05) is 0 Å². The first-order valence-corrected chi connectivity index (χ1v) is 4.78. The predicted molar refractivity (Wildman–Crippen MR) is 54.4 cm³/mol. The average molecular weight is 173 g/mol. The highest BCUT2D eigenvalue weighted by molar-refractivity contribution is 7.17. The Morgan fingerprint density at radius 2 is 2.17 bits per heavy atom. The van der Waals surface area contributed by atoms with Gasteiger partial charge in [0.25, 0.3) is 0 Å². The van der Waals surface area contributed by atoms with Crippen molar-refractivity contribution in [1.29, 1.82) is 0 Å². The predicted octanol–water partition coefficient (Wildman–Crippen LogP) is 3.43. The Balaban J connectivity index is 2.62. The molecule has 0 aliphatic heterocycles. The van der Waals surface area contributed by atoms with E-state index in [1.165, 1.54) is 15.6 Å². The average Bonchev–Trinajstić information content (AvgIpc) is 2.50. The first kappa shape index (κ1) is 7.56. The third-order valence-corrected chi connectivity index (χ3v) is 2.91. The van der Waals surface area contributed by atoms with Crippen LogP contribution in [0.3, 0.4) is 0 Å². The van der Waals surface area contributed by atoms with Gasteiger partial charge in [0.2, 0.25) is 0 Å². The topological polar surface area (TPSA) is 0 Å². The van der Waals surface area contributed by atoms with Gasteiger partial charge in [-0.3, -0.25) is 0 Å². The lowest BCUT2D eigenvalue weighted by molar-refractivity contribution is 1.33. The summed E-state index contributed by atoms with van der Waals surface area (Å²) >= 11 is 1.78. The second-order valence-corrected chi connectivity index (χ2v) is 3.61. The summed E-state index contributed by atoms with van der Waals surface area (Å²) in [6.07, 6.45) is 2.57. The van der Waals surface area contributed by atoms with E-state index in [2.05, 4.69) is 29.6 Å². The molecule has 0 aliphatic carbocycles. The van der Waals surface area contributed by atoms with E-state index in [0.717, 1.165) is 6.42 Å². The lowest BCUT2D eigenvalue weighted by Gasteiger charge is -1.91. The number of benzene rings is 1. The van der Waals surface area contributed by atoms with Crippen LogP contribution in [0, 0.1) is 6.58 Å². The van der Waals surface area contributed by atoms with Crippen molar-refractivity contribution in [3.63, 3.8) is 0 Å². The molecule has 59 valence electrons. The Morgan fingerprint density at radius 3 is 3.00 bits per heavy atom. The molecule has 0 bridgehead atoms. The molecule has 1 heterocycles. The second kappa shape index (κ2) is 3.11. The molecule has 1 aromatic heterocycles. The van der Waals surface area contributed by atoms with Crippen molar-refractivity contribution < 1.29 is 0 Å². The summed E-state index contributed by atoms with van der Waals surface area (Å²) in [4.78, 5) is 0. The van der Waals surface area contributed by atoms with Gasteiger partial charge in [-0.1, -0.05) is 30.9 Å². The minimum atomic E-state index is 0.865. The highest BCUT2D eigenvalue weighted by atomic mass is 32.1. The fraction of sp³-hybridized carbons (Fsp3) is 0.0909. The molecule has 0 fully saturated rings. The summed E-state index contributed by atoms with van der Waals surface area (Å²) in [5.41, 5.74) is 1.33. The highest BCUT2D eigenvalue weighted by Crippen LogP contribution is 2.25. The maximum atomic E-state index is 5.39. The van der Waals surface area contributed by atoms with Gasteiger partial charge in [0.15, 0.2) is 0 Å². The third kappa shape index (κ3) is 1.16. The zero-order valence-electron chi connectivity index (χ0n) is 6.66. The zero-order chi connectivity index (χ0) is 8.39. The van der Waals surface area contributed by atoms with Crippen molar-refractivity contribution in [3.8, 4) is 0 Å². The summed E-state index contributed by atoms with van der Waals surface area (Å²) in [5, 5.41) is 3.51. The number of rotatable bonds is 2. The van der Waals surface area contributed by atoms with Crippen molar-refractivity contribution in [1.82, 2.24) is 0 Å². The van der Waals surface area contributed by atoms with Crippen LogP contribution in [-0.2, 0) is 6.42 Å². The number of thiophene rings is 1. The highest BCUT2D eigenvalue weighted by Gasteiger charge is 1.99. The van der Waals surface area contributed by atoms with Gasteiger partial charge in [-0.2, -0.15) is 0 Å². The number of fused-ring (bicyclic) bond motifs is 1. The van der Waals surface area contributed by atoms with E-state index in [4.69, 9.17) is 6.58 Å². The molecule has 0 nitrogen and oxygen atoms in total. The van der Waals surface area contributed by atoms with E-state index in [-0.39, 0.29) is 0 Å². The van der Waals surface area contributed by atoms with E-state index in [9.17, 15) is 0 Å². The van der Waals surface area contributed by atoms with E-state index in [0.29, 0.717) is 0 Å². The largest absolute Gasteiger partial charge is 0.144 e. The van der Waals surface area contributed by atoms with Gasteiger partial charge in [0.05, 0.1) is 0 Å². The Kier molecular flexibility index (Phi) is 1.96. The van der Waals surface area contributed by atoms with Crippen LogP contribution in [0.25, 0.3) is 10.1 Å². The van der Waals surface area contributed by atoms with Crippen LogP contribution in [0.5, 0.6) is 0 Å². The lowest BCUT2D eigenvalue weighted by atomic mass is 10.1. The van der Waals surface area contributed by atoms with Crippen molar-refractivity contribution in [2.24, 2.45) is 0 Å². The lowest BCUT2D eigenvalue weighted by Crippen LogP contribution is -1.74. The van der Waals surface area contributed by atoms with Crippen LogP contribution in [0.2, 0.25) is 0 Å². The molecule has 0 amide bonds. The summed E-state index contributed by atoms with van der Waals surface area (Å²) in [5.74, 6) is 0. The Bertz CT molecular complexity index is 398. The first-order chi connectivity index (χ1) is 5.92. The van der Waals surface area contributed by atoms with E-state index >= 15 is 0 Å². The van der Waals surface area contributed by atoms with Gasteiger partial charge in [-0.05, 0) is 28.8 Å². The summed E-state index contributed by atoms with van der Waals surface area (Å²) in [7, 11) is 0. The molecule has 2 rings (SSSR count). The minimum Gasteiger partial charge on any atom is -0.144 e. The standard InChI is InChI=1S/C11H9S/c1-2-5-9-8-12-11-7-4-3-6-10(9)11/h1-4,6-8H,5H2. The molecule has 1 radical (unpaired) electrons. The SMILES string of the molecule is [CH]=CCc1csc2ccccc12. The van der Waals surface area contributed by atoms with Gasteiger partial charge in [0, 0.05) is 4.70 Å². The zero-order valence-corrected chi connectivity index (χ0v) is 7.47. The van der Waals surface area contributed by atoms with Crippen molar-refractivity contribution >= 4 is 21.4 Å². The van der Waals surface area contributed by atoms with Crippen LogP contribution in [0.4, 0.5) is 0 Å². The fourth-order valence-electron chi connectivity index (χ4n) is 1.32. The van der Waals surface area contributed by atoms with Crippen LogP contribution in [0.1, 0.15) is 5.56 Å². The molecule has 12 heavy (non-hydrogen) atoms. The molecular formula is C11H9S. The molecule has 0 atom stereocenters. The van der Waals surface area contributed by atoms with E-state index in [1.54, 1.807) is 17.4 Å². The molecule has 0 saturated carbocycles. The number of hydrogen-bond acceptors (Lipinski definition) is 1. The fourth-order valence-corrected chi connectivity index (χ4v) is 2.29. The smallest absolute Gasteiger partial charge is 0.0345 e. The van der Waals surface area contributed by atoms with E-state index in [1.807, 2.05) is 0 Å². The maximum Gasteiger partial charge on any atom is 0.0345 e. The second-order valence-electron chi connectivity index (χ2n) is 2.70. The molecule has 1 heteroatoms. The summed E-state index contributed by atoms with van der Waals surface area (Å²) < 4.78 is 1.34. The molecule has 0 saturated heterocycles. The first-order valence-electron chi connectivity index (χ1n) is 3.90. The maximum absolute atomic E-state index is 5.39. The van der Waals surface area contributed by atoms with Gasteiger partial charge >= 0.3 is 0 Å². The Labute approximate surface area is 76.2 Å². The summed E-state index contributed by atoms with van der Waals surface area (Å²) in [6, 6.07) is 8.41. The van der Waals surface area contributed by atoms with Crippen molar-refractivity contribution in [3.05, 3.63) is 47.9 Å². The Hall–Kier alpha value is -1.08. The molecule has 0 unspecified atom stereocenters. The van der Waals surface area contributed by atoms with Crippen LogP contribution >= 0.6 is 11.3 Å². The van der Waals surface area contributed by atoms with Crippen molar-refractivity contribution in [2.45, 2.75) is 6.42 Å². The van der Waals surface area contributed by atoms with Gasteiger partial charge in [-0.25, -0.2) is 0 Å².